The van der Waals surface area contributed by atoms with Crippen molar-refractivity contribution in [2.75, 3.05) is 12.4 Å². The quantitative estimate of drug-likeness (QED) is 0.601. The highest BCUT2D eigenvalue weighted by Gasteiger charge is 2.13. The van der Waals surface area contributed by atoms with Gasteiger partial charge in [0.15, 0.2) is 0 Å². The number of hydrogen-bond acceptors (Lipinski definition) is 4. The Morgan fingerprint density at radius 3 is 2.76 bits per heavy atom. The highest BCUT2D eigenvalue weighted by molar-refractivity contribution is 5.90. The fraction of sp³-hybridized carbons (Fsp3) is 0.167. The molecule has 0 amide bonds. The summed E-state index contributed by atoms with van der Waals surface area (Å²) in [4.78, 5) is 20.0. The van der Waals surface area contributed by atoms with Crippen LogP contribution in [0.15, 0.2) is 53.7 Å². The van der Waals surface area contributed by atoms with Crippen LogP contribution in [0.4, 0.5) is 5.95 Å². The molecule has 25 heavy (non-hydrogen) atoms. The lowest BCUT2D eigenvalue weighted by Gasteiger charge is -2.08. The molecular weight excluding hydrogens is 316 g/mol. The van der Waals surface area contributed by atoms with Crippen LogP contribution in [0, 0.1) is 0 Å². The topological polar surface area (TPSA) is 80.5 Å². The number of imidazole rings is 1. The molecule has 4 aromatic rings. The summed E-state index contributed by atoms with van der Waals surface area (Å²) in [5.41, 5.74) is 4.34. The Labute approximate surface area is 143 Å². The van der Waals surface area contributed by atoms with Crippen LogP contribution in [0.25, 0.3) is 27.8 Å². The Bertz CT molecular complexity index is 1090. The number of aromatic amines is 1. The third-order valence-corrected chi connectivity index (χ3v) is 4.22. The number of nitrogens with one attached hydrogen (secondary N) is 2. The average molecular weight is 334 g/mol. The van der Waals surface area contributed by atoms with Crippen molar-refractivity contribution < 1.29 is 0 Å². The summed E-state index contributed by atoms with van der Waals surface area (Å²) < 4.78 is 3.45. The molecule has 0 aliphatic carbocycles. The Balaban J connectivity index is 1.96. The largest absolute Gasteiger partial charge is 0.359 e. The lowest BCUT2D eigenvalue weighted by molar-refractivity contribution is 0.728. The molecule has 1 aromatic carbocycles. The Kier molecular flexibility index (Phi) is 3.61. The van der Waals surface area contributed by atoms with Crippen molar-refractivity contribution in [3.63, 3.8) is 0 Å². The van der Waals surface area contributed by atoms with Gasteiger partial charge in [-0.05, 0) is 42.3 Å². The Morgan fingerprint density at radius 2 is 2.08 bits per heavy atom. The van der Waals surface area contributed by atoms with Crippen LogP contribution in [0.2, 0.25) is 0 Å². The van der Waals surface area contributed by atoms with Gasteiger partial charge in [0, 0.05) is 38.2 Å². The molecule has 0 unspecified atom stereocenters. The number of hydrogen-bond donors (Lipinski definition) is 2. The zero-order chi connectivity index (χ0) is 17.4. The van der Waals surface area contributed by atoms with Gasteiger partial charge in [-0.15, -0.1) is 0 Å². The molecule has 0 aliphatic rings. The standard InChI is InChI=1S/C18H18N6O/c1-3-23-8-5-12(11-16(23)25)13-9-14-17(22-18(19-2)21-14)15(10-13)24-7-4-6-20-24/h4-11H,3H2,1-2H3,(H2,19,21,22). The van der Waals surface area contributed by atoms with E-state index in [0.717, 1.165) is 27.8 Å². The fourth-order valence-corrected chi connectivity index (χ4v) is 2.92. The Morgan fingerprint density at radius 1 is 1.20 bits per heavy atom. The fourth-order valence-electron chi connectivity index (χ4n) is 2.92. The molecule has 7 heteroatoms. The molecule has 0 spiro atoms. The lowest BCUT2D eigenvalue weighted by Crippen LogP contribution is -2.17. The van der Waals surface area contributed by atoms with E-state index in [1.807, 2.05) is 50.6 Å². The first-order valence-corrected chi connectivity index (χ1v) is 8.12. The average Bonchev–Trinajstić information content (AvgIpc) is 3.30. The summed E-state index contributed by atoms with van der Waals surface area (Å²) >= 11 is 0. The summed E-state index contributed by atoms with van der Waals surface area (Å²) in [7, 11) is 1.82. The molecule has 0 saturated carbocycles. The summed E-state index contributed by atoms with van der Waals surface area (Å²) in [6.45, 7) is 2.61. The van der Waals surface area contributed by atoms with Gasteiger partial charge in [-0.25, -0.2) is 9.67 Å². The summed E-state index contributed by atoms with van der Waals surface area (Å²) in [6, 6.07) is 9.48. The van der Waals surface area contributed by atoms with Crippen molar-refractivity contribution in [2.24, 2.45) is 0 Å². The number of pyridine rings is 1. The van der Waals surface area contributed by atoms with Gasteiger partial charge in [0.2, 0.25) is 5.95 Å². The molecule has 4 rings (SSSR count). The van der Waals surface area contributed by atoms with Gasteiger partial charge in [-0.1, -0.05) is 0 Å². The SMILES string of the molecule is CCn1ccc(-c2cc(-n3cccn3)c3nc(NC)[nH]c3c2)cc1=O. The van der Waals surface area contributed by atoms with E-state index in [2.05, 4.69) is 20.4 Å². The van der Waals surface area contributed by atoms with Gasteiger partial charge in [0.25, 0.3) is 5.56 Å². The normalized spacial score (nSPS) is 11.1. The van der Waals surface area contributed by atoms with Gasteiger partial charge in [-0.3, -0.25) is 4.79 Å². The van der Waals surface area contributed by atoms with Gasteiger partial charge < -0.3 is 14.9 Å². The van der Waals surface area contributed by atoms with E-state index in [-0.39, 0.29) is 5.56 Å². The van der Waals surface area contributed by atoms with E-state index in [4.69, 9.17) is 0 Å². The van der Waals surface area contributed by atoms with E-state index in [1.165, 1.54) is 0 Å². The first kappa shape index (κ1) is 15.2. The highest BCUT2D eigenvalue weighted by atomic mass is 16.1. The molecule has 3 aromatic heterocycles. The number of aromatic nitrogens is 5. The lowest BCUT2D eigenvalue weighted by atomic mass is 10.1. The molecular formula is C18H18N6O. The minimum atomic E-state index is -0.0127. The van der Waals surface area contributed by atoms with Crippen LogP contribution in [-0.4, -0.2) is 31.4 Å². The summed E-state index contributed by atoms with van der Waals surface area (Å²) in [5, 5.41) is 7.35. The van der Waals surface area contributed by atoms with E-state index >= 15 is 0 Å². The second-order valence-corrected chi connectivity index (χ2v) is 5.72. The molecule has 0 bridgehead atoms. The highest BCUT2D eigenvalue weighted by Crippen LogP contribution is 2.29. The maximum Gasteiger partial charge on any atom is 0.251 e. The molecule has 0 fully saturated rings. The van der Waals surface area contributed by atoms with Crippen molar-refractivity contribution >= 4 is 17.0 Å². The molecule has 7 nitrogen and oxygen atoms in total. The number of rotatable bonds is 4. The smallest absolute Gasteiger partial charge is 0.251 e. The minimum Gasteiger partial charge on any atom is -0.359 e. The number of H-pyrrole nitrogens is 1. The number of aryl methyl sites for hydroxylation is 1. The number of nitrogens with zero attached hydrogens (tertiary/aromatic N) is 4. The monoisotopic (exact) mass is 334 g/mol. The van der Waals surface area contributed by atoms with Gasteiger partial charge in [0.1, 0.15) is 5.52 Å². The van der Waals surface area contributed by atoms with E-state index in [1.54, 1.807) is 21.5 Å². The van der Waals surface area contributed by atoms with E-state index in [0.29, 0.717) is 12.5 Å². The predicted molar refractivity (Wildman–Crippen MR) is 98.1 cm³/mol. The number of benzene rings is 1. The van der Waals surface area contributed by atoms with Crippen molar-refractivity contribution in [3.05, 3.63) is 59.3 Å². The molecule has 3 heterocycles. The van der Waals surface area contributed by atoms with Crippen molar-refractivity contribution in [3.8, 4) is 16.8 Å². The van der Waals surface area contributed by atoms with Crippen molar-refractivity contribution in [1.82, 2.24) is 24.3 Å². The van der Waals surface area contributed by atoms with Crippen LogP contribution in [0.1, 0.15) is 6.92 Å². The molecule has 126 valence electrons. The zero-order valence-electron chi connectivity index (χ0n) is 14.0. The zero-order valence-corrected chi connectivity index (χ0v) is 14.0. The second kappa shape index (κ2) is 5.94. The summed E-state index contributed by atoms with van der Waals surface area (Å²) in [6.07, 6.45) is 5.43. The molecule has 0 radical (unpaired) electrons. The predicted octanol–water partition coefficient (Wildman–Crippen LogP) is 2.64. The van der Waals surface area contributed by atoms with Crippen LogP contribution in [0.3, 0.4) is 0 Å². The van der Waals surface area contributed by atoms with Gasteiger partial charge in [-0.2, -0.15) is 5.10 Å². The Hall–Kier alpha value is -3.35. The third-order valence-electron chi connectivity index (χ3n) is 4.22. The van der Waals surface area contributed by atoms with E-state index < -0.39 is 0 Å². The minimum absolute atomic E-state index is 0.0127. The molecule has 0 atom stereocenters. The summed E-state index contributed by atoms with van der Waals surface area (Å²) in [5.74, 6) is 0.682. The van der Waals surface area contributed by atoms with Crippen LogP contribution >= 0.6 is 0 Å². The van der Waals surface area contributed by atoms with E-state index in [9.17, 15) is 4.79 Å². The van der Waals surface area contributed by atoms with Crippen molar-refractivity contribution in [2.45, 2.75) is 13.5 Å². The second-order valence-electron chi connectivity index (χ2n) is 5.72. The van der Waals surface area contributed by atoms with Crippen molar-refractivity contribution in [1.29, 1.82) is 0 Å². The maximum atomic E-state index is 12.2. The molecule has 0 aliphatic heterocycles. The van der Waals surface area contributed by atoms with Gasteiger partial charge in [0.05, 0.1) is 11.2 Å². The van der Waals surface area contributed by atoms with Crippen LogP contribution < -0.4 is 10.9 Å². The first-order valence-electron chi connectivity index (χ1n) is 8.12. The first-order chi connectivity index (χ1) is 12.2. The molecule has 0 saturated heterocycles. The third kappa shape index (κ3) is 2.59. The number of anilines is 1. The van der Waals surface area contributed by atoms with Crippen LogP contribution in [0.5, 0.6) is 0 Å². The van der Waals surface area contributed by atoms with Crippen LogP contribution in [-0.2, 0) is 6.54 Å². The van der Waals surface area contributed by atoms with Gasteiger partial charge >= 0.3 is 0 Å². The molecule has 2 N–H and O–H groups in total. The maximum absolute atomic E-state index is 12.2. The number of fused-ring (bicyclic) bond motifs is 1.